The quantitative estimate of drug-likeness (QED) is 0.868. The molecule has 1 aromatic carbocycles. The minimum atomic E-state index is 0. The van der Waals surface area contributed by atoms with E-state index in [1.807, 2.05) is 29.2 Å². The maximum Gasteiger partial charge on any atom is 0.260 e. The van der Waals surface area contributed by atoms with E-state index in [9.17, 15) is 9.59 Å². The largest absolute Gasteiger partial charge is 0.484 e. The van der Waals surface area contributed by atoms with Crippen LogP contribution in [0.3, 0.4) is 0 Å². The van der Waals surface area contributed by atoms with Gasteiger partial charge in [0.2, 0.25) is 5.91 Å². The van der Waals surface area contributed by atoms with Crippen molar-refractivity contribution >= 4 is 29.9 Å². The first-order valence-electron chi connectivity index (χ1n) is 9.26. The normalized spacial score (nSPS) is 25.0. The molecule has 0 radical (unpaired) electrons. The van der Waals surface area contributed by atoms with Crippen LogP contribution in [0.25, 0.3) is 0 Å². The van der Waals surface area contributed by atoms with Gasteiger partial charge in [0.25, 0.3) is 5.91 Å². The van der Waals surface area contributed by atoms with Gasteiger partial charge in [0.1, 0.15) is 5.75 Å². The van der Waals surface area contributed by atoms with E-state index in [4.69, 9.17) is 4.74 Å². The van der Waals surface area contributed by atoms with Crippen molar-refractivity contribution in [3.05, 3.63) is 24.3 Å². The van der Waals surface area contributed by atoms with Gasteiger partial charge in [-0.25, -0.2) is 0 Å². The van der Waals surface area contributed by atoms with E-state index in [1.165, 1.54) is 6.42 Å². The van der Waals surface area contributed by atoms with Crippen molar-refractivity contribution in [2.24, 2.45) is 0 Å². The molecule has 0 aliphatic carbocycles. The third-order valence-electron chi connectivity index (χ3n) is 5.44. The van der Waals surface area contributed by atoms with Crippen LogP contribution in [0, 0.1) is 0 Å². The highest BCUT2D eigenvalue weighted by atomic mass is 35.5. The molecule has 2 unspecified atom stereocenters. The molecule has 4 rings (SSSR count). The lowest BCUT2D eigenvalue weighted by Crippen LogP contribution is -2.41. The molecule has 3 fully saturated rings. The van der Waals surface area contributed by atoms with Gasteiger partial charge >= 0.3 is 0 Å². The Morgan fingerprint density at radius 1 is 1.19 bits per heavy atom. The summed E-state index contributed by atoms with van der Waals surface area (Å²) in [6, 6.07) is 8.47. The summed E-state index contributed by atoms with van der Waals surface area (Å²) in [5.41, 5.74) is 0.851. The number of hydrogen-bond donors (Lipinski definition) is 1. The number of ether oxygens (including phenoxy) is 1. The van der Waals surface area contributed by atoms with Crippen LogP contribution < -0.4 is 15.0 Å². The van der Waals surface area contributed by atoms with E-state index < -0.39 is 0 Å². The number of benzene rings is 1. The standard InChI is InChI=1S/C19H25N3O3.ClH/c23-18-5-2-9-22(18)16-3-1-4-17(11-16)25-13-19(24)21-10-8-14-6-7-15(12-21)20-14;/h1,3-4,11,14-15,20H,2,5-10,12-13H2;1H. The predicted octanol–water partition coefficient (Wildman–Crippen LogP) is 1.97. The van der Waals surface area contributed by atoms with E-state index in [2.05, 4.69) is 5.32 Å². The number of carbonyl (C=O) groups is 2. The minimum absolute atomic E-state index is 0. The van der Waals surface area contributed by atoms with Gasteiger partial charge in [0.15, 0.2) is 6.61 Å². The molecule has 0 spiro atoms. The van der Waals surface area contributed by atoms with Gasteiger partial charge < -0.3 is 19.9 Å². The molecule has 2 atom stereocenters. The first-order chi connectivity index (χ1) is 12.2. The second kappa shape index (κ2) is 8.27. The summed E-state index contributed by atoms with van der Waals surface area (Å²) in [4.78, 5) is 28.1. The summed E-state index contributed by atoms with van der Waals surface area (Å²) in [7, 11) is 0. The topological polar surface area (TPSA) is 61.9 Å². The van der Waals surface area contributed by atoms with Crippen LogP contribution in [0.4, 0.5) is 5.69 Å². The molecule has 3 aliphatic heterocycles. The number of amides is 2. The molecule has 2 bridgehead atoms. The Morgan fingerprint density at radius 3 is 2.85 bits per heavy atom. The molecular weight excluding hydrogens is 354 g/mol. The summed E-state index contributed by atoms with van der Waals surface area (Å²) in [6.45, 7) is 2.39. The molecule has 3 heterocycles. The van der Waals surface area contributed by atoms with Gasteiger partial charge in [0, 0.05) is 49.9 Å². The number of nitrogens with zero attached hydrogens (tertiary/aromatic N) is 2. The lowest BCUT2D eigenvalue weighted by atomic mass is 10.1. The number of carbonyl (C=O) groups excluding carboxylic acids is 2. The second-order valence-corrected chi connectivity index (χ2v) is 7.20. The van der Waals surface area contributed by atoms with Crippen molar-refractivity contribution in [1.82, 2.24) is 10.2 Å². The van der Waals surface area contributed by atoms with Crippen LogP contribution in [-0.4, -0.2) is 55.0 Å². The SMILES string of the molecule is Cl.O=C(COc1cccc(N2CCCC2=O)c1)N1CCC2CCC(C1)N2. The molecule has 3 aliphatic rings. The zero-order chi connectivity index (χ0) is 17.2. The monoisotopic (exact) mass is 379 g/mol. The molecule has 1 aromatic rings. The average molecular weight is 380 g/mol. The number of nitrogens with one attached hydrogen (secondary N) is 1. The number of rotatable bonds is 4. The van der Waals surface area contributed by atoms with Crippen molar-refractivity contribution in [1.29, 1.82) is 0 Å². The van der Waals surface area contributed by atoms with Crippen molar-refractivity contribution < 1.29 is 14.3 Å². The molecule has 1 N–H and O–H groups in total. The van der Waals surface area contributed by atoms with E-state index in [0.717, 1.165) is 44.6 Å². The molecule has 2 amide bonds. The Balaban J connectivity index is 0.00000196. The number of anilines is 1. The summed E-state index contributed by atoms with van der Waals surface area (Å²) < 4.78 is 5.73. The van der Waals surface area contributed by atoms with Crippen LogP contribution in [0.5, 0.6) is 5.75 Å². The second-order valence-electron chi connectivity index (χ2n) is 7.20. The Bertz CT molecular complexity index is 669. The van der Waals surface area contributed by atoms with Gasteiger partial charge in [-0.15, -0.1) is 12.4 Å². The van der Waals surface area contributed by atoms with Crippen LogP contribution >= 0.6 is 12.4 Å². The molecule has 3 saturated heterocycles. The van der Waals surface area contributed by atoms with Crippen molar-refractivity contribution in [3.8, 4) is 5.75 Å². The van der Waals surface area contributed by atoms with Gasteiger partial charge in [0.05, 0.1) is 0 Å². The van der Waals surface area contributed by atoms with Gasteiger partial charge in [-0.2, -0.15) is 0 Å². The summed E-state index contributed by atoms with van der Waals surface area (Å²) >= 11 is 0. The lowest BCUT2D eigenvalue weighted by Gasteiger charge is -2.24. The van der Waals surface area contributed by atoms with Crippen molar-refractivity contribution in [3.63, 3.8) is 0 Å². The highest BCUT2D eigenvalue weighted by molar-refractivity contribution is 5.95. The molecule has 26 heavy (non-hydrogen) atoms. The molecule has 7 heteroatoms. The number of likely N-dealkylation sites (tertiary alicyclic amines) is 1. The van der Waals surface area contributed by atoms with Gasteiger partial charge in [-0.3, -0.25) is 9.59 Å². The maximum absolute atomic E-state index is 12.5. The molecule has 0 aromatic heterocycles. The highest BCUT2D eigenvalue weighted by Gasteiger charge is 2.31. The molecule has 6 nitrogen and oxygen atoms in total. The Kier molecular flexibility index (Phi) is 6.04. The van der Waals surface area contributed by atoms with Crippen molar-refractivity contribution in [2.75, 3.05) is 31.1 Å². The predicted molar refractivity (Wildman–Crippen MR) is 102 cm³/mol. The highest BCUT2D eigenvalue weighted by Crippen LogP contribution is 2.25. The third kappa shape index (κ3) is 4.13. The first kappa shape index (κ1) is 19.0. The Labute approximate surface area is 160 Å². The van der Waals surface area contributed by atoms with Crippen LogP contribution in [0.15, 0.2) is 24.3 Å². The van der Waals surface area contributed by atoms with Crippen LogP contribution in [0.1, 0.15) is 32.1 Å². The number of fused-ring (bicyclic) bond motifs is 2. The van der Waals surface area contributed by atoms with E-state index >= 15 is 0 Å². The minimum Gasteiger partial charge on any atom is -0.484 e. The zero-order valence-electron chi connectivity index (χ0n) is 14.9. The fraction of sp³-hybridized carbons (Fsp3) is 0.579. The Morgan fingerprint density at radius 2 is 2.04 bits per heavy atom. The first-order valence-corrected chi connectivity index (χ1v) is 9.26. The Hall–Kier alpha value is -1.79. The summed E-state index contributed by atoms with van der Waals surface area (Å²) in [5.74, 6) is 0.831. The van der Waals surface area contributed by atoms with Crippen molar-refractivity contribution in [2.45, 2.75) is 44.2 Å². The van der Waals surface area contributed by atoms with Gasteiger partial charge in [-0.1, -0.05) is 6.07 Å². The average Bonchev–Trinajstić information content (AvgIpc) is 3.18. The molecular formula is C19H26ClN3O3. The zero-order valence-corrected chi connectivity index (χ0v) is 15.7. The number of hydrogen-bond acceptors (Lipinski definition) is 4. The van der Waals surface area contributed by atoms with Crippen LogP contribution in [0.2, 0.25) is 0 Å². The van der Waals surface area contributed by atoms with E-state index in [1.54, 1.807) is 4.90 Å². The number of halogens is 1. The maximum atomic E-state index is 12.5. The lowest BCUT2D eigenvalue weighted by molar-refractivity contribution is -0.133. The molecule has 142 valence electrons. The summed E-state index contributed by atoms with van der Waals surface area (Å²) in [6.07, 6.45) is 4.91. The van der Waals surface area contributed by atoms with Crippen LogP contribution in [-0.2, 0) is 9.59 Å². The third-order valence-corrected chi connectivity index (χ3v) is 5.44. The summed E-state index contributed by atoms with van der Waals surface area (Å²) in [5, 5.41) is 3.58. The van der Waals surface area contributed by atoms with E-state index in [-0.39, 0.29) is 30.8 Å². The van der Waals surface area contributed by atoms with E-state index in [0.29, 0.717) is 24.3 Å². The molecule has 0 saturated carbocycles. The fourth-order valence-corrected chi connectivity index (χ4v) is 4.07. The smallest absolute Gasteiger partial charge is 0.260 e. The fourth-order valence-electron chi connectivity index (χ4n) is 4.07. The van der Waals surface area contributed by atoms with Gasteiger partial charge in [-0.05, 0) is 37.8 Å².